The summed E-state index contributed by atoms with van der Waals surface area (Å²) in [6.45, 7) is 1.56. The summed E-state index contributed by atoms with van der Waals surface area (Å²) in [5.41, 5.74) is 0. The summed E-state index contributed by atoms with van der Waals surface area (Å²) in [6, 6.07) is 5.48. The molecule has 0 saturated carbocycles. The van der Waals surface area contributed by atoms with Crippen LogP contribution in [0.25, 0.3) is 0 Å². The van der Waals surface area contributed by atoms with Crippen molar-refractivity contribution in [3.8, 4) is 0 Å². The van der Waals surface area contributed by atoms with Crippen molar-refractivity contribution in [3.63, 3.8) is 0 Å². The van der Waals surface area contributed by atoms with E-state index in [0.29, 0.717) is 24.4 Å². The van der Waals surface area contributed by atoms with E-state index in [1.165, 1.54) is 28.6 Å². The topological polar surface area (TPSA) is 108 Å². The minimum Gasteiger partial charge on any atom is -0.389 e. The van der Waals surface area contributed by atoms with Crippen LogP contribution >= 0.6 is 11.6 Å². The normalized spacial score (nSPS) is 26.9. The molecule has 2 aliphatic heterocycles. The smallest absolute Gasteiger partial charge is 0.243 e. The van der Waals surface area contributed by atoms with E-state index in [2.05, 4.69) is 10.2 Å². The Kier molecular flexibility index (Phi) is 9.52. The molecular weight excluding hydrogens is 470 g/mol. The van der Waals surface area contributed by atoms with Crippen molar-refractivity contribution in [2.75, 3.05) is 46.9 Å². The second kappa shape index (κ2) is 11.9. The quantitative estimate of drug-likeness (QED) is 0.511. The van der Waals surface area contributed by atoms with Gasteiger partial charge < -0.3 is 24.8 Å². The molecule has 0 aliphatic carbocycles. The maximum atomic E-state index is 13.4. The van der Waals surface area contributed by atoms with Crippen molar-refractivity contribution >= 4 is 27.5 Å². The zero-order valence-corrected chi connectivity index (χ0v) is 20.7. The van der Waals surface area contributed by atoms with Gasteiger partial charge in [-0.15, -0.1) is 0 Å². The van der Waals surface area contributed by atoms with Crippen molar-refractivity contribution in [1.82, 2.24) is 14.5 Å². The lowest BCUT2D eigenvalue weighted by molar-refractivity contribution is -0.146. The minimum atomic E-state index is -3.89. The number of halogens is 1. The molecule has 2 saturated heterocycles. The van der Waals surface area contributed by atoms with Gasteiger partial charge in [-0.05, 0) is 64.2 Å². The van der Waals surface area contributed by atoms with E-state index >= 15 is 0 Å². The Hall–Kier alpha value is -1.27. The van der Waals surface area contributed by atoms with E-state index in [-0.39, 0.29) is 43.1 Å². The Bertz CT molecular complexity index is 883. The summed E-state index contributed by atoms with van der Waals surface area (Å²) < 4.78 is 39.9. The zero-order chi connectivity index (χ0) is 24.0. The number of nitrogens with zero attached hydrogens (tertiary/aromatic N) is 2. The molecule has 186 valence electrons. The number of ether oxygens (including phenoxy) is 2. The number of carbonyl (C=O) groups excluding carboxylic acids is 1. The summed E-state index contributed by atoms with van der Waals surface area (Å²) in [4.78, 5) is 14.5. The molecule has 1 aromatic carbocycles. The lowest BCUT2D eigenvalue weighted by Crippen LogP contribution is -2.57. The lowest BCUT2D eigenvalue weighted by Gasteiger charge is -2.43. The average Bonchev–Trinajstić information content (AvgIpc) is 2.74. The van der Waals surface area contributed by atoms with E-state index in [4.69, 9.17) is 21.1 Å². The minimum absolute atomic E-state index is 0.0102. The van der Waals surface area contributed by atoms with Crippen LogP contribution in [-0.2, 0) is 24.3 Å². The fourth-order valence-electron chi connectivity index (χ4n) is 4.21. The van der Waals surface area contributed by atoms with E-state index < -0.39 is 28.3 Å². The van der Waals surface area contributed by atoms with Gasteiger partial charge in [0.1, 0.15) is 0 Å². The van der Waals surface area contributed by atoms with Gasteiger partial charge in [0.2, 0.25) is 15.9 Å². The lowest BCUT2D eigenvalue weighted by atomic mass is 9.96. The molecule has 1 aromatic rings. The van der Waals surface area contributed by atoms with Gasteiger partial charge in [0.05, 0.1) is 48.9 Å². The van der Waals surface area contributed by atoms with E-state index in [0.717, 1.165) is 13.0 Å². The zero-order valence-electron chi connectivity index (χ0n) is 19.2. The van der Waals surface area contributed by atoms with Crippen molar-refractivity contribution in [2.45, 2.75) is 54.9 Å². The van der Waals surface area contributed by atoms with Crippen LogP contribution in [0.5, 0.6) is 0 Å². The second-order valence-electron chi connectivity index (χ2n) is 8.87. The molecule has 0 radical (unpaired) electrons. The third-order valence-electron chi connectivity index (χ3n) is 5.87. The van der Waals surface area contributed by atoms with Gasteiger partial charge in [-0.3, -0.25) is 4.79 Å². The number of aliphatic hydroxyl groups is 1. The van der Waals surface area contributed by atoms with Crippen LogP contribution < -0.4 is 5.32 Å². The van der Waals surface area contributed by atoms with Crippen LogP contribution in [0.2, 0.25) is 5.02 Å². The van der Waals surface area contributed by atoms with Crippen LogP contribution in [0.3, 0.4) is 0 Å². The molecule has 2 fully saturated rings. The largest absolute Gasteiger partial charge is 0.389 e. The fraction of sp³-hybridized carbons (Fsp3) is 0.682. The van der Waals surface area contributed by atoms with Gasteiger partial charge in [-0.2, -0.15) is 4.31 Å². The number of amides is 1. The predicted octanol–water partition coefficient (Wildman–Crippen LogP) is 1.10. The van der Waals surface area contributed by atoms with Crippen molar-refractivity contribution in [1.29, 1.82) is 0 Å². The number of rotatable bonds is 8. The first-order chi connectivity index (χ1) is 15.7. The molecule has 33 heavy (non-hydrogen) atoms. The summed E-state index contributed by atoms with van der Waals surface area (Å²) in [5, 5.41) is 13.6. The van der Waals surface area contributed by atoms with E-state index in [1.807, 2.05) is 14.1 Å². The standard InChI is InChI=1S/C22H34ClN3O6S/c1-25(2)11-3-10-24-22(28)12-18-6-9-20-21(32-18)15-31-14-17(27)13-26(20)33(29,30)19-7-4-16(23)5-8-19/h4-5,7-8,17-18,20-21,27H,3,6,9-15H2,1-2H3,(H,24,28)/t17-,18-,20-,21+/m1/s1. The van der Waals surface area contributed by atoms with Gasteiger partial charge in [0.15, 0.2) is 0 Å². The molecule has 4 atom stereocenters. The average molecular weight is 504 g/mol. The Morgan fingerprint density at radius 1 is 1.24 bits per heavy atom. The summed E-state index contributed by atoms with van der Waals surface area (Å²) in [7, 11) is 0.0851. The monoisotopic (exact) mass is 503 g/mol. The Balaban J connectivity index is 1.67. The number of aliphatic hydroxyl groups excluding tert-OH is 1. The van der Waals surface area contributed by atoms with E-state index in [9.17, 15) is 18.3 Å². The molecular formula is C22H34ClN3O6S. The van der Waals surface area contributed by atoms with Crippen molar-refractivity contribution < 1.29 is 27.8 Å². The van der Waals surface area contributed by atoms with Crippen LogP contribution in [0.1, 0.15) is 25.7 Å². The predicted molar refractivity (Wildman–Crippen MR) is 125 cm³/mol. The molecule has 11 heteroatoms. The van der Waals surface area contributed by atoms with Crippen LogP contribution in [0.15, 0.2) is 29.2 Å². The van der Waals surface area contributed by atoms with Crippen LogP contribution in [0, 0.1) is 0 Å². The van der Waals surface area contributed by atoms with Gasteiger partial charge in [-0.1, -0.05) is 11.6 Å². The molecule has 0 aromatic heterocycles. The molecule has 0 spiro atoms. The van der Waals surface area contributed by atoms with Crippen molar-refractivity contribution in [2.24, 2.45) is 0 Å². The molecule has 2 aliphatic rings. The molecule has 3 rings (SSSR count). The fourth-order valence-corrected chi connectivity index (χ4v) is 6.06. The second-order valence-corrected chi connectivity index (χ2v) is 11.2. The molecule has 2 heterocycles. The number of hydrogen-bond acceptors (Lipinski definition) is 7. The molecule has 0 bridgehead atoms. The number of sulfonamides is 1. The van der Waals surface area contributed by atoms with Crippen LogP contribution in [-0.4, -0.2) is 99.9 Å². The number of fused-ring (bicyclic) bond motifs is 1. The maximum absolute atomic E-state index is 13.4. The Morgan fingerprint density at radius 3 is 2.67 bits per heavy atom. The van der Waals surface area contributed by atoms with Gasteiger partial charge in [0, 0.05) is 18.1 Å². The molecule has 9 nitrogen and oxygen atoms in total. The maximum Gasteiger partial charge on any atom is 0.243 e. The van der Waals surface area contributed by atoms with E-state index in [1.54, 1.807) is 0 Å². The third kappa shape index (κ3) is 7.35. The summed E-state index contributed by atoms with van der Waals surface area (Å²) >= 11 is 5.92. The number of hydrogen-bond donors (Lipinski definition) is 2. The number of benzene rings is 1. The first kappa shape index (κ1) is 26.3. The highest BCUT2D eigenvalue weighted by Gasteiger charge is 2.43. The molecule has 2 N–H and O–H groups in total. The summed E-state index contributed by atoms with van der Waals surface area (Å²) in [6.07, 6.45) is 0.341. The Labute approximate surface area is 201 Å². The first-order valence-corrected chi connectivity index (χ1v) is 13.1. The molecule has 1 amide bonds. The molecule has 0 unspecified atom stereocenters. The SMILES string of the molecule is CN(C)CCCNC(=O)C[C@H]1CC[C@@H]2[C@H](COC[C@H](O)CN2S(=O)(=O)c2ccc(Cl)cc2)O1. The number of β-amino-alcohol motifs (C(OH)–C–C–N with tert-alkyl or cyclic N) is 1. The van der Waals surface area contributed by atoms with Gasteiger partial charge >= 0.3 is 0 Å². The number of carbonyl (C=O) groups is 1. The summed E-state index contributed by atoms with van der Waals surface area (Å²) in [5.74, 6) is -0.0787. The highest BCUT2D eigenvalue weighted by molar-refractivity contribution is 7.89. The third-order valence-corrected chi connectivity index (χ3v) is 8.03. The first-order valence-electron chi connectivity index (χ1n) is 11.3. The number of nitrogens with one attached hydrogen (secondary N) is 1. The van der Waals surface area contributed by atoms with Crippen LogP contribution in [0.4, 0.5) is 0 Å². The Morgan fingerprint density at radius 2 is 1.97 bits per heavy atom. The van der Waals surface area contributed by atoms with Crippen molar-refractivity contribution in [3.05, 3.63) is 29.3 Å². The van der Waals surface area contributed by atoms with Gasteiger partial charge in [0.25, 0.3) is 0 Å². The highest BCUT2D eigenvalue weighted by atomic mass is 35.5. The van der Waals surface area contributed by atoms with Gasteiger partial charge in [-0.25, -0.2) is 8.42 Å². The highest BCUT2D eigenvalue weighted by Crippen LogP contribution is 2.31.